The fourth-order valence-electron chi connectivity index (χ4n) is 3.61. The maximum atomic E-state index is 13.0. The Balaban J connectivity index is 2.25. The van der Waals surface area contributed by atoms with E-state index in [-0.39, 0.29) is 12.2 Å². The van der Waals surface area contributed by atoms with E-state index in [4.69, 9.17) is 4.74 Å². The molecule has 0 N–H and O–H groups in total. The maximum Gasteiger partial charge on any atom is 0.531 e. The number of fused-ring (bicyclic) bond motifs is 4. The number of carboxylic acid groups (broad SMARTS) is 1. The van der Waals surface area contributed by atoms with Gasteiger partial charge in [-0.2, -0.15) is 4.79 Å². The third-order valence-electron chi connectivity index (χ3n) is 4.60. The number of methoxy groups -OCH3 is 1. The summed E-state index contributed by atoms with van der Waals surface area (Å²) >= 11 is 0. The molecular formula is C19H14N2O4. The molecule has 6 nitrogen and oxygen atoms in total. The average molecular weight is 334 g/mol. The number of hydrogen-bond donors (Lipinski definition) is 0. The van der Waals surface area contributed by atoms with Crippen molar-refractivity contribution in [3.63, 3.8) is 0 Å². The molecule has 4 rings (SSSR count). The molecule has 2 aromatic carbocycles. The summed E-state index contributed by atoms with van der Waals surface area (Å²) in [6.07, 6.45) is 1.09. The van der Waals surface area contributed by atoms with Gasteiger partial charge in [0.2, 0.25) is 0 Å². The number of quaternary nitrogens is 1. The van der Waals surface area contributed by atoms with Crippen LogP contribution in [0.4, 0.5) is 10.5 Å². The number of carbonyl (C=O) groups excluding carboxylic acids is 2. The molecule has 2 aliphatic rings. The second-order valence-corrected chi connectivity index (χ2v) is 5.80. The van der Waals surface area contributed by atoms with Crippen LogP contribution in [0.25, 0.3) is 11.8 Å². The molecule has 2 heterocycles. The summed E-state index contributed by atoms with van der Waals surface area (Å²) in [7, 11) is 1.24. The van der Waals surface area contributed by atoms with Gasteiger partial charge in [-0.1, -0.05) is 24.3 Å². The lowest BCUT2D eigenvalue weighted by molar-refractivity contribution is -0.297. The normalized spacial score (nSPS) is 20.4. The first-order valence-electron chi connectivity index (χ1n) is 7.74. The molecule has 2 aromatic rings. The van der Waals surface area contributed by atoms with E-state index in [0.29, 0.717) is 22.0 Å². The minimum absolute atomic E-state index is 0.178. The summed E-state index contributed by atoms with van der Waals surface area (Å²) in [6, 6.07) is 14.0. The van der Waals surface area contributed by atoms with Gasteiger partial charge < -0.3 is 14.6 Å². The van der Waals surface area contributed by atoms with Crippen molar-refractivity contribution >= 4 is 29.5 Å². The van der Waals surface area contributed by atoms with E-state index in [2.05, 4.69) is 4.99 Å². The van der Waals surface area contributed by atoms with Gasteiger partial charge in [0.25, 0.3) is 0 Å². The Bertz CT molecular complexity index is 1070. The molecule has 2 aliphatic heterocycles. The van der Waals surface area contributed by atoms with Gasteiger partial charge >= 0.3 is 6.09 Å². The van der Waals surface area contributed by atoms with E-state index in [0.717, 1.165) is 5.56 Å². The molecule has 0 radical (unpaired) electrons. The van der Waals surface area contributed by atoms with E-state index in [1.165, 1.54) is 7.11 Å². The predicted molar refractivity (Wildman–Crippen MR) is 89.1 cm³/mol. The van der Waals surface area contributed by atoms with Gasteiger partial charge in [-0.25, -0.2) is 0 Å². The Hall–Kier alpha value is -3.25. The van der Waals surface area contributed by atoms with Crippen LogP contribution in [0, 0.1) is 0 Å². The van der Waals surface area contributed by atoms with Crippen LogP contribution in [0.1, 0.15) is 5.56 Å². The minimum atomic E-state index is -1.43. The zero-order valence-electron chi connectivity index (χ0n) is 13.4. The van der Waals surface area contributed by atoms with E-state index in [1.807, 2.05) is 12.1 Å². The Labute approximate surface area is 143 Å². The van der Waals surface area contributed by atoms with Crippen molar-refractivity contribution < 1.29 is 19.4 Å². The van der Waals surface area contributed by atoms with Gasteiger partial charge in [0.05, 0.1) is 17.7 Å². The summed E-state index contributed by atoms with van der Waals surface area (Å²) in [5.41, 5.74) is 1.62. The molecule has 0 aliphatic carbocycles. The first-order chi connectivity index (χ1) is 12.1. The molecule has 1 atom stereocenters. The van der Waals surface area contributed by atoms with Crippen molar-refractivity contribution in [3.8, 4) is 0 Å². The molecule has 0 spiro atoms. The number of ether oxygens (including phenoxy) is 1. The lowest BCUT2D eigenvalue weighted by atomic mass is 10.1. The molecule has 25 heavy (non-hydrogen) atoms. The molecule has 124 valence electrons. The first-order valence-corrected chi connectivity index (χ1v) is 7.74. The summed E-state index contributed by atoms with van der Waals surface area (Å²) < 4.78 is 4.38. The van der Waals surface area contributed by atoms with Crippen LogP contribution in [-0.2, 0) is 9.53 Å². The maximum absolute atomic E-state index is 13.0. The third kappa shape index (κ3) is 1.91. The molecule has 0 saturated carbocycles. The Kier molecular flexibility index (Phi) is 3.30. The van der Waals surface area contributed by atoms with Crippen molar-refractivity contribution in [2.75, 3.05) is 13.7 Å². The average Bonchev–Trinajstić information content (AvgIpc) is 2.87. The largest absolute Gasteiger partial charge is 0.540 e. The number of amides is 1. The lowest BCUT2D eigenvalue weighted by Gasteiger charge is -2.32. The van der Waals surface area contributed by atoms with Crippen LogP contribution in [0.5, 0.6) is 0 Å². The van der Waals surface area contributed by atoms with Gasteiger partial charge in [0.15, 0.2) is 17.1 Å². The quantitative estimate of drug-likeness (QED) is 0.703. The number of hydrogen-bond acceptors (Lipinski definition) is 5. The zero-order valence-corrected chi connectivity index (χ0v) is 13.4. The van der Waals surface area contributed by atoms with Crippen molar-refractivity contribution in [2.45, 2.75) is 0 Å². The van der Waals surface area contributed by atoms with Crippen LogP contribution in [0.3, 0.4) is 0 Å². The SMILES string of the molecule is COC(=O)[N+]12C(=Cc3ccccc31)CN=c1ccccc1=C2C(=O)[O-]. The number of benzene rings is 2. The highest BCUT2D eigenvalue weighted by atomic mass is 16.5. The topological polar surface area (TPSA) is 78.8 Å². The van der Waals surface area contributed by atoms with Gasteiger partial charge in [-0.15, -0.1) is 4.48 Å². The van der Waals surface area contributed by atoms with Crippen LogP contribution in [-0.4, -0.2) is 25.7 Å². The van der Waals surface area contributed by atoms with Crippen molar-refractivity contribution in [2.24, 2.45) is 4.99 Å². The predicted octanol–water partition coefficient (Wildman–Crippen LogP) is 0.306. The van der Waals surface area contributed by atoms with Crippen molar-refractivity contribution in [1.82, 2.24) is 4.48 Å². The third-order valence-corrected chi connectivity index (χ3v) is 4.60. The van der Waals surface area contributed by atoms with Gasteiger partial charge in [0, 0.05) is 17.7 Å². The van der Waals surface area contributed by atoms with Gasteiger partial charge in [-0.3, -0.25) is 4.99 Å². The molecule has 1 amide bonds. The van der Waals surface area contributed by atoms with E-state index in [9.17, 15) is 14.7 Å². The van der Waals surface area contributed by atoms with Crippen LogP contribution in [0.15, 0.2) is 59.2 Å². The van der Waals surface area contributed by atoms with E-state index in [1.54, 1.807) is 42.5 Å². The summed E-state index contributed by atoms with van der Waals surface area (Å²) in [5, 5.41) is 13.1. The standard InChI is InChI=1S/C19H14N2O4/c1-25-19(24)21-13(10-12-6-2-5-9-16(12)21)11-20-15-8-4-3-7-14(15)17(21)18(22)23/h2-10H,11H2,1H3. The highest BCUT2D eigenvalue weighted by molar-refractivity contribution is 6.19. The Morgan fingerprint density at radius 2 is 1.84 bits per heavy atom. The number of para-hydroxylation sites is 2. The lowest BCUT2D eigenvalue weighted by Crippen LogP contribution is -2.57. The molecule has 0 bridgehead atoms. The number of aliphatic carboxylic acids is 1. The highest BCUT2D eigenvalue weighted by Crippen LogP contribution is 2.45. The fourth-order valence-corrected chi connectivity index (χ4v) is 3.61. The van der Waals surface area contributed by atoms with Gasteiger partial charge in [-0.05, 0) is 18.2 Å². The smallest absolute Gasteiger partial charge is 0.531 e. The van der Waals surface area contributed by atoms with Crippen molar-refractivity contribution in [1.29, 1.82) is 0 Å². The van der Waals surface area contributed by atoms with Crippen molar-refractivity contribution in [3.05, 3.63) is 70.4 Å². The molecule has 0 saturated heterocycles. The molecule has 6 heteroatoms. The van der Waals surface area contributed by atoms with E-state index < -0.39 is 16.5 Å². The second kappa shape index (κ2) is 5.39. The van der Waals surface area contributed by atoms with Gasteiger partial charge in [0.1, 0.15) is 12.5 Å². The number of rotatable bonds is 1. The fraction of sp³-hybridized carbons (Fsp3) is 0.105. The summed E-state index contributed by atoms with van der Waals surface area (Å²) in [4.78, 5) is 29.7. The second-order valence-electron chi connectivity index (χ2n) is 5.80. The molecule has 1 unspecified atom stereocenters. The van der Waals surface area contributed by atoms with Crippen LogP contribution >= 0.6 is 0 Å². The first kappa shape index (κ1) is 15.3. The van der Waals surface area contributed by atoms with Crippen LogP contribution < -0.4 is 20.2 Å². The zero-order chi connectivity index (χ0) is 17.6. The Morgan fingerprint density at radius 3 is 2.60 bits per heavy atom. The molecular weight excluding hydrogens is 320 g/mol. The minimum Gasteiger partial charge on any atom is -0.540 e. The molecule has 0 fully saturated rings. The Morgan fingerprint density at radius 1 is 1.12 bits per heavy atom. The van der Waals surface area contributed by atoms with E-state index >= 15 is 0 Å². The summed E-state index contributed by atoms with van der Waals surface area (Å²) in [5.74, 6) is -1.43. The number of nitrogens with zero attached hydrogens (tertiary/aromatic N) is 2. The number of carboxylic acids is 1. The monoisotopic (exact) mass is 334 g/mol. The summed E-state index contributed by atoms with van der Waals surface area (Å²) in [6.45, 7) is 0.178. The van der Waals surface area contributed by atoms with Crippen LogP contribution in [0.2, 0.25) is 0 Å². The highest BCUT2D eigenvalue weighted by Gasteiger charge is 2.54. The molecule has 0 aromatic heterocycles. The number of carbonyl (C=O) groups is 2.